The van der Waals surface area contributed by atoms with E-state index in [9.17, 15) is 0 Å². The summed E-state index contributed by atoms with van der Waals surface area (Å²) in [5.74, 6) is 0.765. The second kappa shape index (κ2) is 7.46. The lowest BCUT2D eigenvalue weighted by Crippen LogP contribution is -2.63. The van der Waals surface area contributed by atoms with E-state index in [1.54, 1.807) is 0 Å². The highest BCUT2D eigenvalue weighted by molar-refractivity contribution is 4.93. The summed E-state index contributed by atoms with van der Waals surface area (Å²) in [5.41, 5.74) is 0.246. The van der Waals surface area contributed by atoms with Gasteiger partial charge in [0, 0.05) is 44.4 Å². The molecule has 1 rings (SSSR count). The molecule has 0 aromatic carbocycles. The smallest absolute Gasteiger partial charge is 0.0478 e. The van der Waals surface area contributed by atoms with Gasteiger partial charge in [0.1, 0.15) is 0 Å². The van der Waals surface area contributed by atoms with Gasteiger partial charge < -0.3 is 10.1 Å². The summed E-state index contributed by atoms with van der Waals surface area (Å²) in [6.07, 6.45) is 2.41. The fourth-order valence-electron chi connectivity index (χ4n) is 2.78. The zero-order valence-electron chi connectivity index (χ0n) is 13.0. The van der Waals surface area contributed by atoms with Crippen LogP contribution in [0.1, 0.15) is 47.5 Å². The molecule has 1 aliphatic rings. The molecule has 3 heteroatoms. The largest absolute Gasteiger partial charge is 0.382 e. The van der Waals surface area contributed by atoms with Crippen molar-refractivity contribution in [1.29, 1.82) is 0 Å². The Morgan fingerprint density at radius 1 is 1.39 bits per heavy atom. The third kappa shape index (κ3) is 4.87. The van der Waals surface area contributed by atoms with Gasteiger partial charge in [-0.15, -0.1) is 0 Å². The van der Waals surface area contributed by atoms with Gasteiger partial charge in [0.2, 0.25) is 0 Å². The van der Waals surface area contributed by atoms with Gasteiger partial charge in [0.05, 0.1) is 0 Å². The predicted octanol–water partition coefficient (Wildman–Crippen LogP) is 2.51. The van der Waals surface area contributed by atoms with Crippen LogP contribution in [0.15, 0.2) is 0 Å². The number of ether oxygens (including phenoxy) is 1. The Hall–Kier alpha value is -0.120. The van der Waals surface area contributed by atoms with Crippen LogP contribution in [-0.4, -0.2) is 49.3 Å². The Kier molecular flexibility index (Phi) is 6.61. The Morgan fingerprint density at radius 3 is 2.72 bits per heavy atom. The number of nitrogens with one attached hydrogen (secondary N) is 1. The average molecular weight is 256 g/mol. The van der Waals surface area contributed by atoms with Crippen LogP contribution in [0.3, 0.4) is 0 Å². The number of piperazine rings is 1. The Bertz CT molecular complexity index is 231. The minimum atomic E-state index is 0.246. The van der Waals surface area contributed by atoms with E-state index in [0.717, 1.165) is 38.6 Å². The molecule has 1 N–H and O–H groups in total. The van der Waals surface area contributed by atoms with Crippen molar-refractivity contribution in [3.05, 3.63) is 0 Å². The number of hydrogen-bond acceptors (Lipinski definition) is 3. The lowest BCUT2D eigenvalue weighted by Gasteiger charge is -2.47. The van der Waals surface area contributed by atoms with Crippen molar-refractivity contribution in [1.82, 2.24) is 10.2 Å². The van der Waals surface area contributed by atoms with Crippen molar-refractivity contribution in [3.63, 3.8) is 0 Å². The van der Waals surface area contributed by atoms with Crippen LogP contribution in [0, 0.1) is 5.92 Å². The van der Waals surface area contributed by atoms with Crippen LogP contribution in [0.5, 0.6) is 0 Å². The first-order valence-corrected chi connectivity index (χ1v) is 7.57. The molecule has 0 saturated carbocycles. The summed E-state index contributed by atoms with van der Waals surface area (Å²) in [4.78, 5) is 2.67. The fraction of sp³-hybridized carbons (Fsp3) is 1.00. The quantitative estimate of drug-likeness (QED) is 0.708. The maximum absolute atomic E-state index is 5.46. The molecule has 0 radical (unpaired) electrons. The molecule has 1 heterocycles. The maximum Gasteiger partial charge on any atom is 0.0478 e. The van der Waals surface area contributed by atoms with Gasteiger partial charge in [-0.05, 0) is 33.1 Å². The standard InChI is InChI=1S/C15H32N2O/c1-6-13(3)14-11-16-15(4,5)12-17(14)9-8-10-18-7-2/h13-14,16H,6-12H2,1-5H3. The third-order valence-electron chi connectivity index (χ3n) is 4.10. The number of nitrogens with zero attached hydrogens (tertiary/aromatic N) is 1. The minimum absolute atomic E-state index is 0.246. The molecule has 0 amide bonds. The molecule has 0 aromatic heterocycles. The first-order chi connectivity index (χ1) is 8.50. The molecule has 108 valence electrons. The molecule has 1 aliphatic heterocycles. The van der Waals surface area contributed by atoms with Crippen LogP contribution < -0.4 is 5.32 Å². The molecule has 1 saturated heterocycles. The maximum atomic E-state index is 5.46. The van der Waals surface area contributed by atoms with Crippen molar-refractivity contribution >= 4 is 0 Å². The van der Waals surface area contributed by atoms with Crippen LogP contribution in [-0.2, 0) is 4.74 Å². The molecule has 0 aliphatic carbocycles. The topological polar surface area (TPSA) is 24.5 Å². The summed E-state index contributed by atoms with van der Waals surface area (Å²) in [6, 6.07) is 0.685. The second-order valence-electron chi connectivity index (χ2n) is 6.24. The van der Waals surface area contributed by atoms with E-state index in [2.05, 4.69) is 44.8 Å². The summed E-state index contributed by atoms with van der Waals surface area (Å²) >= 11 is 0. The Labute approximate surface area is 113 Å². The van der Waals surface area contributed by atoms with Gasteiger partial charge in [0.15, 0.2) is 0 Å². The predicted molar refractivity (Wildman–Crippen MR) is 78.0 cm³/mol. The first kappa shape index (κ1) is 15.9. The van der Waals surface area contributed by atoms with Gasteiger partial charge in [-0.3, -0.25) is 4.90 Å². The highest BCUT2D eigenvalue weighted by atomic mass is 16.5. The van der Waals surface area contributed by atoms with Crippen molar-refractivity contribution in [3.8, 4) is 0 Å². The summed E-state index contributed by atoms with van der Waals surface area (Å²) in [6.45, 7) is 16.5. The molecule has 3 nitrogen and oxygen atoms in total. The van der Waals surface area contributed by atoms with Gasteiger partial charge >= 0.3 is 0 Å². The summed E-state index contributed by atoms with van der Waals surface area (Å²) in [5, 5.41) is 3.68. The van der Waals surface area contributed by atoms with Crippen LogP contribution in [0.4, 0.5) is 0 Å². The van der Waals surface area contributed by atoms with Gasteiger partial charge in [-0.1, -0.05) is 20.3 Å². The number of hydrogen-bond donors (Lipinski definition) is 1. The first-order valence-electron chi connectivity index (χ1n) is 7.57. The monoisotopic (exact) mass is 256 g/mol. The zero-order valence-corrected chi connectivity index (χ0v) is 13.0. The minimum Gasteiger partial charge on any atom is -0.382 e. The molecular formula is C15H32N2O. The molecule has 2 atom stereocenters. The van der Waals surface area contributed by atoms with E-state index in [-0.39, 0.29) is 5.54 Å². The molecule has 0 spiro atoms. The molecule has 1 fully saturated rings. The van der Waals surface area contributed by atoms with Crippen molar-refractivity contribution in [2.45, 2.75) is 59.0 Å². The van der Waals surface area contributed by atoms with Crippen molar-refractivity contribution < 1.29 is 4.74 Å². The third-order valence-corrected chi connectivity index (χ3v) is 4.10. The van der Waals surface area contributed by atoms with E-state index >= 15 is 0 Å². The molecule has 0 bridgehead atoms. The van der Waals surface area contributed by atoms with Crippen LogP contribution in [0.25, 0.3) is 0 Å². The molecule has 18 heavy (non-hydrogen) atoms. The number of rotatable bonds is 7. The zero-order chi connectivity index (χ0) is 13.6. The van der Waals surface area contributed by atoms with Gasteiger partial charge in [-0.25, -0.2) is 0 Å². The summed E-state index contributed by atoms with van der Waals surface area (Å²) < 4.78 is 5.46. The van der Waals surface area contributed by atoms with Crippen LogP contribution >= 0.6 is 0 Å². The van der Waals surface area contributed by atoms with E-state index in [1.165, 1.54) is 13.0 Å². The van der Waals surface area contributed by atoms with Crippen molar-refractivity contribution in [2.24, 2.45) is 5.92 Å². The molecule has 2 unspecified atom stereocenters. The molecule has 0 aromatic rings. The van der Waals surface area contributed by atoms with E-state index < -0.39 is 0 Å². The van der Waals surface area contributed by atoms with E-state index in [0.29, 0.717) is 6.04 Å². The van der Waals surface area contributed by atoms with Crippen LogP contribution in [0.2, 0.25) is 0 Å². The average Bonchev–Trinajstić information content (AvgIpc) is 2.33. The normalized spacial score (nSPS) is 26.2. The van der Waals surface area contributed by atoms with Gasteiger partial charge in [-0.2, -0.15) is 0 Å². The van der Waals surface area contributed by atoms with Crippen molar-refractivity contribution in [2.75, 3.05) is 32.8 Å². The van der Waals surface area contributed by atoms with E-state index in [1.807, 2.05) is 0 Å². The second-order valence-corrected chi connectivity index (χ2v) is 6.24. The molecular weight excluding hydrogens is 224 g/mol. The fourth-order valence-corrected chi connectivity index (χ4v) is 2.78. The summed E-state index contributed by atoms with van der Waals surface area (Å²) in [7, 11) is 0. The van der Waals surface area contributed by atoms with E-state index in [4.69, 9.17) is 4.74 Å². The highest BCUT2D eigenvalue weighted by Crippen LogP contribution is 2.22. The van der Waals surface area contributed by atoms with Gasteiger partial charge in [0.25, 0.3) is 0 Å². The highest BCUT2D eigenvalue weighted by Gasteiger charge is 2.34. The SMILES string of the molecule is CCOCCCN1CC(C)(C)NCC1C(C)CC. The lowest BCUT2D eigenvalue weighted by atomic mass is 9.90. The Balaban J connectivity index is 2.49. The lowest BCUT2D eigenvalue weighted by molar-refractivity contribution is 0.0515. The Morgan fingerprint density at radius 2 is 2.11 bits per heavy atom.